The Morgan fingerprint density at radius 3 is 2.30 bits per heavy atom. The van der Waals surface area contributed by atoms with Crippen molar-refractivity contribution in [2.75, 3.05) is 13.2 Å². The van der Waals surface area contributed by atoms with Crippen molar-refractivity contribution in [3.63, 3.8) is 0 Å². The molecule has 0 aromatic heterocycles. The van der Waals surface area contributed by atoms with Crippen LogP contribution in [-0.2, 0) is 4.74 Å². The van der Waals surface area contributed by atoms with Crippen LogP contribution in [0.3, 0.4) is 0 Å². The van der Waals surface area contributed by atoms with Crippen LogP contribution in [0.5, 0.6) is 5.75 Å². The van der Waals surface area contributed by atoms with Crippen molar-refractivity contribution in [2.24, 2.45) is 0 Å². The average molecular weight is 285 g/mol. The number of carbonyl (C=O) groups is 1. The SMILES string of the molecule is CC1COCC(C)N1C(=O)c1ccc(OC(F)F)cc1. The summed E-state index contributed by atoms with van der Waals surface area (Å²) >= 11 is 0. The van der Waals surface area contributed by atoms with Crippen molar-refractivity contribution < 1.29 is 23.0 Å². The number of benzene rings is 1. The van der Waals surface area contributed by atoms with Crippen LogP contribution in [-0.4, -0.2) is 42.7 Å². The fraction of sp³-hybridized carbons (Fsp3) is 0.500. The molecule has 1 aliphatic heterocycles. The fourth-order valence-electron chi connectivity index (χ4n) is 2.33. The minimum atomic E-state index is -2.86. The van der Waals surface area contributed by atoms with Gasteiger partial charge in [-0.25, -0.2) is 0 Å². The van der Waals surface area contributed by atoms with Crippen molar-refractivity contribution >= 4 is 5.91 Å². The maximum absolute atomic E-state index is 12.4. The van der Waals surface area contributed by atoms with E-state index < -0.39 is 6.61 Å². The fourth-order valence-corrected chi connectivity index (χ4v) is 2.33. The second-order valence-corrected chi connectivity index (χ2v) is 4.85. The van der Waals surface area contributed by atoms with Crippen LogP contribution in [0.4, 0.5) is 8.78 Å². The molecule has 0 spiro atoms. The molecule has 1 heterocycles. The third-order valence-corrected chi connectivity index (χ3v) is 3.23. The lowest BCUT2D eigenvalue weighted by Gasteiger charge is -2.38. The molecule has 2 rings (SSSR count). The van der Waals surface area contributed by atoms with Crippen molar-refractivity contribution in [1.82, 2.24) is 4.90 Å². The van der Waals surface area contributed by atoms with E-state index >= 15 is 0 Å². The molecular weight excluding hydrogens is 268 g/mol. The maximum atomic E-state index is 12.4. The van der Waals surface area contributed by atoms with Gasteiger partial charge in [0.05, 0.1) is 25.3 Å². The molecule has 1 aromatic carbocycles. The Bertz CT molecular complexity index is 454. The second kappa shape index (κ2) is 6.17. The summed E-state index contributed by atoms with van der Waals surface area (Å²) in [4.78, 5) is 14.2. The van der Waals surface area contributed by atoms with Gasteiger partial charge in [-0.2, -0.15) is 8.78 Å². The van der Waals surface area contributed by atoms with Crippen molar-refractivity contribution in [3.05, 3.63) is 29.8 Å². The molecule has 20 heavy (non-hydrogen) atoms. The number of amides is 1. The standard InChI is InChI=1S/C14H17F2NO3/c1-9-7-19-8-10(2)17(9)13(18)11-3-5-12(6-4-11)20-14(15)16/h3-6,9-10,14H,7-8H2,1-2H3. The van der Waals surface area contributed by atoms with E-state index in [1.165, 1.54) is 24.3 Å². The van der Waals surface area contributed by atoms with E-state index in [1.807, 2.05) is 13.8 Å². The Morgan fingerprint density at radius 1 is 1.25 bits per heavy atom. The summed E-state index contributed by atoms with van der Waals surface area (Å²) in [6.45, 7) is 1.98. The maximum Gasteiger partial charge on any atom is 0.387 e. The molecule has 4 nitrogen and oxygen atoms in total. The zero-order chi connectivity index (χ0) is 14.7. The van der Waals surface area contributed by atoms with Crippen molar-refractivity contribution in [3.8, 4) is 5.75 Å². The smallest absolute Gasteiger partial charge is 0.387 e. The highest BCUT2D eigenvalue weighted by Crippen LogP contribution is 2.20. The Hall–Kier alpha value is -1.69. The number of nitrogens with zero attached hydrogens (tertiary/aromatic N) is 1. The highest BCUT2D eigenvalue weighted by Gasteiger charge is 2.30. The number of hydrogen-bond acceptors (Lipinski definition) is 3. The number of ether oxygens (including phenoxy) is 2. The van der Waals surface area contributed by atoms with Gasteiger partial charge in [0.25, 0.3) is 5.91 Å². The lowest BCUT2D eigenvalue weighted by Crippen LogP contribution is -2.52. The number of halogens is 2. The Kier molecular flexibility index (Phi) is 4.54. The van der Waals surface area contributed by atoms with Gasteiger partial charge >= 0.3 is 6.61 Å². The van der Waals surface area contributed by atoms with Crippen molar-refractivity contribution in [2.45, 2.75) is 32.5 Å². The molecule has 1 aliphatic rings. The van der Waals surface area contributed by atoms with Gasteiger partial charge in [0.1, 0.15) is 5.75 Å². The number of hydrogen-bond donors (Lipinski definition) is 0. The number of carbonyl (C=O) groups excluding carboxylic acids is 1. The van der Waals surface area contributed by atoms with Gasteiger partial charge in [0.2, 0.25) is 0 Å². The molecule has 1 saturated heterocycles. The van der Waals surface area contributed by atoms with Gasteiger partial charge in [-0.1, -0.05) is 0 Å². The molecule has 0 radical (unpaired) electrons. The molecule has 2 atom stereocenters. The van der Waals surface area contributed by atoms with Crippen LogP contribution in [0.2, 0.25) is 0 Å². The summed E-state index contributed by atoms with van der Waals surface area (Å²) in [5.74, 6) is -0.0866. The number of morpholine rings is 1. The molecule has 0 saturated carbocycles. The summed E-state index contributed by atoms with van der Waals surface area (Å²) in [7, 11) is 0. The predicted octanol–water partition coefficient (Wildman–Crippen LogP) is 2.54. The number of rotatable bonds is 3. The van der Waals surface area contributed by atoms with Crippen LogP contribution in [0, 0.1) is 0 Å². The highest BCUT2D eigenvalue weighted by atomic mass is 19.3. The van der Waals surface area contributed by atoms with E-state index in [4.69, 9.17) is 4.74 Å². The quantitative estimate of drug-likeness (QED) is 0.856. The Labute approximate surface area is 116 Å². The number of alkyl halides is 2. The van der Waals surface area contributed by atoms with Crippen molar-refractivity contribution in [1.29, 1.82) is 0 Å². The van der Waals surface area contributed by atoms with Gasteiger partial charge in [0, 0.05) is 5.56 Å². The highest BCUT2D eigenvalue weighted by molar-refractivity contribution is 5.94. The Morgan fingerprint density at radius 2 is 1.80 bits per heavy atom. The molecule has 1 amide bonds. The van der Waals surface area contributed by atoms with Crippen LogP contribution in [0.15, 0.2) is 24.3 Å². The first kappa shape index (κ1) is 14.7. The van der Waals surface area contributed by atoms with Gasteiger partial charge in [-0.3, -0.25) is 4.79 Å². The first-order chi connectivity index (χ1) is 9.49. The largest absolute Gasteiger partial charge is 0.435 e. The molecule has 1 fully saturated rings. The van der Waals surface area contributed by atoms with Crippen LogP contribution >= 0.6 is 0 Å². The summed E-state index contributed by atoms with van der Waals surface area (Å²) in [5, 5.41) is 0. The van der Waals surface area contributed by atoms with E-state index in [2.05, 4.69) is 4.74 Å². The topological polar surface area (TPSA) is 38.8 Å². The first-order valence-electron chi connectivity index (χ1n) is 6.44. The molecule has 0 bridgehead atoms. The van der Waals surface area contributed by atoms with Crippen LogP contribution < -0.4 is 4.74 Å². The minimum absolute atomic E-state index is 0.0109. The van der Waals surface area contributed by atoms with E-state index in [0.29, 0.717) is 18.8 Å². The summed E-state index contributed by atoms with van der Waals surface area (Å²) < 4.78 is 33.8. The van der Waals surface area contributed by atoms with E-state index in [-0.39, 0.29) is 23.7 Å². The summed E-state index contributed by atoms with van der Waals surface area (Å²) in [6, 6.07) is 5.71. The summed E-state index contributed by atoms with van der Waals surface area (Å²) in [5.41, 5.74) is 0.451. The predicted molar refractivity (Wildman–Crippen MR) is 69.0 cm³/mol. The first-order valence-corrected chi connectivity index (χ1v) is 6.44. The minimum Gasteiger partial charge on any atom is -0.435 e. The zero-order valence-electron chi connectivity index (χ0n) is 11.4. The molecule has 6 heteroatoms. The molecule has 0 N–H and O–H groups in total. The van der Waals surface area contributed by atoms with Crippen LogP contribution in [0.1, 0.15) is 24.2 Å². The van der Waals surface area contributed by atoms with Gasteiger partial charge < -0.3 is 14.4 Å². The van der Waals surface area contributed by atoms with Gasteiger partial charge in [0.15, 0.2) is 0 Å². The van der Waals surface area contributed by atoms with E-state index in [0.717, 1.165) is 0 Å². The van der Waals surface area contributed by atoms with Gasteiger partial charge in [-0.15, -0.1) is 0 Å². The normalized spacial score (nSPS) is 22.9. The third kappa shape index (κ3) is 3.25. The monoisotopic (exact) mass is 285 g/mol. The summed E-state index contributed by atoms with van der Waals surface area (Å²) in [6.07, 6.45) is 0. The van der Waals surface area contributed by atoms with E-state index in [9.17, 15) is 13.6 Å². The molecule has 110 valence electrons. The second-order valence-electron chi connectivity index (χ2n) is 4.85. The van der Waals surface area contributed by atoms with Crippen LogP contribution in [0.25, 0.3) is 0 Å². The van der Waals surface area contributed by atoms with E-state index in [1.54, 1.807) is 4.90 Å². The van der Waals surface area contributed by atoms with Gasteiger partial charge in [-0.05, 0) is 38.1 Å². The lowest BCUT2D eigenvalue weighted by molar-refractivity contribution is -0.0498. The molecular formula is C14H17F2NO3. The Balaban J connectivity index is 2.12. The lowest BCUT2D eigenvalue weighted by atomic mass is 10.1. The average Bonchev–Trinajstić information content (AvgIpc) is 2.38. The molecule has 1 aromatic rings. The molecule has 0 aliphatic carbocycles. The molecule has 2 unspecified atom stereocenters. The zero-order valence-corrected chi connectivity index (χ0v) is 11.4. The third-order valence-electron chi connectivity index (χ3n) is 3.23.